The molecule has 0 aliphatic heterocycles. The van der Waals surface area contributed by atoms with Gasteiger partial charge in [0.1, 0.15) is 0 Å². The van der Waals surface area contributed by atoms with E-state index in [4.69, 9.17) is 0 Å². The molecule has 0 spiro atoms. The first-order chi connectivity index (χ1) is 8.16. The second-order valence-electron chi connectivity index (χ2n) is 3.79. The van der Waals surface area contributed by atoms with Gasteiger partial charge in [-0.05, 0) is 44.4 Å². The van der Waals surface area contributed by atoms with E-state index in [1.165, 1.54) is 16.4 Å². The van der Waals surface area contributed by atoms with Crippen molar-refractivity contribution in [3.05, 3.63) is 40.2 Å². The second-order valence-corrected chi connectivity index (χ2v) is 4.77. The van der Waals surface area contributed by atoms with Gasteiger partial charge in [-0.3, -0.25) is 10.4 Å². The number of pyridine rings is 1. The Morgan fingerprint density at radius 2 is 2.18 bits per heavy atom. The van der Waals surface area contributed by atoms with Crippen molar-refractivity contribution in [2.45, 2.75) is 20.8 Å². The minimum Gasteiger partial charge on any atom is -0.278 e. The fourth-order valence-electron chi connectivity index (χ4n) is 1.46. The molecule has 2 heterocycles. The van der Waals surface area contributed by atoms with E-state index in [1.54, 1.807) is 6.20 Å². The van der Waals surface area contributed by atoms with E-state index in [-0.39, 0.29) is 0 Å². The minimum atomic E-state index is 0.937. The Balaban J connectivity index is 2.08. The topological polar surface area (TPSA) is 50.2 Å². The number of hydrogen-bond acceptors (Lipinski definition) is 5. The monoisotopic (exact) mass is 246 g/mol. The summed E-state index contributed by atoms with van der Waals surface area (Å²) in [5.41, 5.74) is 7.00. The summed E-state index contributed by atoms with van der Waals surface area (Å²) >= 11 is 1.50. The van der Waals surface area contributed by atoms with E-state index in [2.05, 4.69) is 19.9 Å². The molecule has 0 atom stereocenters. The third-order valence-corrected chi connectivity index (χ3v) is 3.23. The molecule has 17 heavy (non-hydrogen) atoms. The summed E-state index contributed by atoms with van der Waals surface area (Å²) < 4.78 is 4.27. The highest BCUT2D eigenvalue weighted by Crippen LogP contribution is 2.14. The molecule has 88 valence electrons. The summed E-state index contributed by atoms with van der Waals surface area (Å²) in [7, 11) is 0. The van der Waals surface area contributed by atoms with Gasteiger partial charge in [0.05, 0.1) is 17.6 Å². The van der Waals surface area contributed by atoms with Gasteiger partial charge in [-0.1, -0.05) is 0 Å². The third kappa shape index (κ3) is 2.88. The average Bonchev–Trinajstić information content (AvgIpc) is 2.61. The number of hydrazone groups is 1. The number of anilines is 1. The van der Waals surface area contributed by atoms with Crippen molar-refractivity contribution in [2.75, 3.05) is 5.43 Å². The van der Waals surface area contributed by atoms with Crippen LogP contribution in [0.5, 0.6) is 0 Å². The van der Waals surface area contributed by atoms with Gasteiger partial charge in [0, 0.05) is 22.3 Å². The van der Waals surface area contributed by atoms with Crippen LogP contribution in [0.4, 0.5) is 5.69 Å². The number of aryl methyl sites for hydroxylation is 3. The maximum absolute atomic E-state index is 4.27. The van der Waals surface area contributed by atoms with E-state index >= 15 is 0 Å². The zero-order chi connectivity index (χ0) is 12.3. The van der Waals surface area contributed by atoms with Crippen LogP contribution in [0, 0.1) is 20.8 Å². The SMILES string of the molecule is Cc1cc(N/N=C/c2c(C)nsc2C)ccn1. The van der Waals surface area contributed by atoms with Gasteiger partial charge >= 0.3 is 0 Å². The first-order valence-electron chi connectivity index (χ1n) is 5.31. The van der Waals surface area contributed by atoms with Crippen LogP contribution in [0.15, 0.2) is 23.4 Å². The van der Waals surface area contributed by atoms with Gasteiger partial charge in [0.25, 0.3) is 0 Å². The van der Waals surface area contributed by atoms with Crippen molar-refractivity contribution in [3.8, 4) is 0 Å². The Bertz CT molecular complexity index is 526. The quantitative estimate of drug-likeness (QED) is 0.669. The number of hydrogen-bond donors (Lipinski definition) is 1. The van der Waals surface area contributed by atoms with Crippen LogP contribution in [0.25, 0.3) is 0 Å². The first-order valence-corrected chi connectivity index (χ1v) is 6.09. The zero-order valence-electron chi connectivity index (χ0n) is 10.1. The van der Waals surface area contributed by atoms with E-state index < -0.39 is 0 Å². The predicted molar refractivity (Wildman–Crippen MR) is 71.8 cm³/mol. The molecule has 0 aliphatic carbocycles. The maximum Gasteiger partial charge on any atom is 0.0602 e. The Morgan fingerprint density at radius 3 is 2.82 bits per heavy atom. The minimum absolute atomic E-state index is 0.937. The molecule has 0 aliphatic rings. The molecular formula is C12H14N4S. The van der Waals surface area contributed by atoms with Crippen LogP contribution in [0.1, 0.15) is 21.8 Å². The molecule has 0 fully saturated rings. The Labute approximate surface area is 105 Å². The molecule has 2 aromatic rings. The summed E-state index contributed by atoms with van der Waals surface area (Å²) in [6.07, 6.45) is 3.57. The summed E-state index contributed by atoms with van der Waals surface area (Å²) in [4.78, 5) is 5.31. The van der Waals surface area contributed by atoms with Crippen LogP contribution >= 0.6 is 11.5 Å². The normalized spacial score (nSPS) is 11.0. The highest BCUT2D eigenvalue weighted by molar-refractivity contribution is 7.06. The largest absolute Gasteiger partial charge is 0.278 e. The molecular weight excluding hydrogens is 232 g/mol. The number of rotatable bonds is 3. The van der Waals surface area contributed by atoms with E-state index in [0.717, 1.165) is 22.6 Å². The van der Waals surface area contributed by atoms with Crippen LogP contribution < -0.4 is 5.43 Å². The van der Waals surface area contributed by atoms with Crippen molar-refractivity contribution in [1.29, 1.82) is 0 Å². The molecule has 0 radical (unpaired) electrons. The van der Waals surface area contributed by atoms with Gasteiger partial charge in [-0.15, -0.1) is 0 Å². The molecule has 0 amide bonds. The van der Waals surface area contributed by atoms with Crippen molar-refractivity contribution in [3.63, 3.8) is 0 Å². The van der Waals surface area contributed by atoms with Gasteiger partial charge < -0.3 is 0 Å². The first kappa shape index (κ1) is 11.7. The fourth-order valence-corrected chi connectivity index (χ4v) is 2.13. The zero-order valence-corrected chi connectivity index (χ0v) is 10.9. The highest BCUT2D eigenvalue weighted by Gasteiger charge is 2.03. The number of nitrogens with zero attached hydrogens (tertiary/aromatic N) is 3. The van der Waals surface area contributed by atoms with Crippen LogP contribution in [0.3, 0.4) is 0 Å². The molecule has 2 rings (SSSR count). The Morgan fingerprint density at radius 1 is 1.35 bits per heavy atom. The summed E-state index contributed by atoms with van der Waals surface area (Å²) in [5.74, 6) is 0. The lowest BCUT2D eigenvalue weighted by molar-refractivity contribution is 1.19. The standard InChI is InChI=1S/C12H14N4S/c1-8-6-11(4-5-13-8)15-14-7-12-9(2)16-17-10(12)3/h4-7H,1-3H3,(H,13,15)/b14-7+. The van der Waals surface area contributed by atoms with E-state index in [9.17, 15) is 0 Å². The smallest absolute Gasteiger partial charge is 0.0602 e. The van der Waals surface area contributed by atoms with Crippen LogP contribution in [-0.2, 0) is 0 Å². The summed E-state index contributed by atoms with van der Waals surface area (Å²) in [6, 6.07) is 3.83. The van der Waals surface area contributed by atoms with E-state index in [1.807, 2.05) is 39.1 Å². The number of aromatic nitrogens is 2. The summed E-state index contributed by atoms with van der Waals surface area (Å²) in [5, 5.41) is 4.21. The van der Waals surface area contributed by atoms with Gasteiger partial charge in [0.15, 0.2) is 0 Å². The molecule has 0 saturated carbocycles. The summed E-state index contributed by atoms with van der Waals surface area (Å²) in [6.45, 7) is 5.98. The lowest BCUT2D eigenvalue weighted by Gasteiger charge is -2.00. The van der Waals surface area contributed by atoms with Crippen molar-refractivity contribution >= 4 is 23.4 Å². The molecule has 5 heteroatoms. The van der Waals surface area contributed by atoms with Crippen molar-refractivity contribution in [1.82, 2.24) is 9.36 Å². The second kappa shape index (κ2) is 5.05. The van der Waals surface area contributed by atoms with Gasteiger partial charge in [-0.25, -0.2) is 0 Å². The maximum atomic E-state index is 4.27. The van der Waals surface area contributed by atoms with Gasteiger partial charge in [-0.2, -0.15) is 9.47 Å². The molecule has 0 bridgehead atoms. The van der Waals surface area contributed by atoms with E-state index in [0.29, 0.717) is 0 Å². The van der Waals surface area contributed by atoms with Crippen LogP contribution in [-0.4, -0.2) is 15.6 Å². The predicted octanol–water partition coefficient (Wildman–Crippen LogP) is 2.91. The Hall–Kier alpha value is -1.75. The van der Waals surface area contributed by atoms with Crippen LogP contribution in [0.2, 0.25) is 0 Å². The molecule has 0 unspecified atom stereocenters. The molecule has 1 N–H and O–H groups in total. The molecule has 4 nitrogen and oxygen atoms in total. The lowest BCUT2D eigenvalue weighted by atomic mass is 10.2. The molecule has 0 aromatic carbocycles. The highest BCUT2D eigenvalue weighted by atomic mass is 32.1. The fraction of sp³-hybridized carbons (Fsp3) is 0.250. The Kier molecular flexibility index (Phi) is 3.49. The van der Waals surface area contributed by atoms with Crippen molar-refractivity contribution < 1.29 is 0 Å². The lowest BCUT2D eigenvalue weighted by Crippen LogP contribution is -1.93. The number of nitrogens with one attached hydrogen (secondary N) is 1. The van der Waals surface area contributed by atoms with Gasteiger partial charge in [0.2, 0.25) is 0 Å². The molecule has 2 aromatic heterocycles. The molecule has 0 saturated heterocycles. The third-order valence-electron chi connectivity index (χ3n) is 2.37. The van der Waals surface area contributed by atoms with Crippen molar-refractivity contribution in [2.24, 2.45) is 5.10 Å². The average molecular weight is 246 g/mol.